The maximum atomic E-state index is 13.1. The zero-order valence-electron chi connectivity index (χ0n) is 20.4. The molecule has 0 aliphatic rings. The van der Waals surface area contributed by atoms with Crippen LogP contribution >= 0.6 is 0 Å². The summed E-state index contributed by atoms with van der Waals surface area (Å²) in [4.78, 5) is 36.7. The molecule has 9 heteroatoms. The van der Waals surface area contributed by atoms with Crippen molar-refractivity contribution in [2.24, 2.45) is 11.5 Å². The van der Waals surface area contributed by atoms with Crippen LogP contribution in [0.25, 0.3) is 0 Å². The minimum absolute atomic E-state index is 0.104. The first-order valence-electron chi connectivity index (χ1n) is 11.9. The molecule has 0 spiro atoms. The first kappa shape index (κ1) is 27.4. The number of nitrogens with two attached hydrogens (primary N) is 2. The summed E-state index contributed by atoms with van der Waals surface area (Å²) in [5.41, 5.74) is 13.9. The number of ether oxygens (including phenoxy) is 1. The van der Waals surface area contributed by atoms with E-state index in [9.17, 15) is 19.5 Å². The fourth-order valence-corrected chi connectivity index (χ4v) is 3.63. The van der Waals surface area contributed by atoms with Gasteiger partial charge >= 0.3 is 0 Å². The lowest BCUT2D eigenvalue weighted by molar-refractivity contribution is -0.132. The first-order chi connectivity index (χ1) is 17.9. The number of carbonyl (C=O) groups is 3. The zero-order valence-corrected chi connectivity index (χ0v) is 20.4. The van der Waals surface area contributed by atoms with E-state index in [0.717, 1.165) is 16.7 Å². The molecule has 0 aromatic heterocycles. The van der Waals surface area contributed by atoms with Crippen molar-refractivity contribution in [1.82, 2.24) is 10.6 Å². The molecule has 0 heterocycles. The summed E-state index contributed by atoms with van der Waals surface area (Å²) < 4.78 is 5.23. The van der Waals surface area contributed by atoms with E-state index in [0.29, 0.717) is 24.3 Å². The number of aliphatic hydroxyl groups excluding tert-OH is 1. The molecule has 3 rings (SSSR count). The van der Waals surface area contributed by atoms with Gasteiger partial charge in [-0.25, -0.2) is 0 Å². The maximum absolute atomic E-state index is 13.1. The molecule has 37 heavy (non-hydrogen) atoms. The van der Waals surface area contributed by atoms with Gasteiger partial charge < -0.3 is 31.9 Å². The molecule has 0 aliphatic heterocycles. The number of rotatable bonds is 13. The van der Waals surface area contributed by atoms with Gasteiger partial charge in [0.15, 0.2) is 6.61 Å². The van der Waals surface area contributed by atoms with Gasteiger partial charge in [-0.1, -0.05) is 66.7 Å². The number of nitrogens with one attached hydrogen (secondary N) is 2. The van der Waals surface area contributed by atoms with Crippen LogP contribution in [0.2, 0.25) is 0 Å². The molecule has 3 amide bonds. The van der Waals surface area contributed by atoms with Crippen molar-refractivity contribution in [3.63, 3.8) is 0 Å². The predicted molar refractivity (Wildman–Crippen MR) is 139 cm³/mol. The largest absolute Gasteiger partial charge is 0.484 e. The highest BCUT2D eigenvalue weighted by atomic mass is 16.5. The Balaban J connectivity index is 1.61. The monoisotopic (exact) mass is 504 g/mol. The average molecular weight is 505 g/mol. The lowest BCUT2D eigenvalue weighted by Gasteiger charge is -2.24. The minimum Gasteiger partial charge on any atom is -0.484 e. The van der Waals surface area contributed by atoms with Crippen molar-refractivity contribution in [3.8, 4) is 5.75 Å². The molecule has 2 atom stereocenters. The third kappa shape index (κ3) is 8.75. The topological polar surface area (TPSA) is 157 Å². The highest BCUT2D eigenvalue weighted by molar-refractivity contribution is 5.88. The molecule has 0 unspecified atom stereocenters. The zero-order chi connectivity index (χ0) is 26.6. The summed E-state index contributed by atoms with van der Waals surface area (Å²) in [6.45, 7) is 0.451. The molecular weight excluding hydrogens is 472 g/mol. The van der Waals surface area contributed by atoms with Crippen LogP contribution in [0.3, 0.4) is 0 Å². The van der Waals surface area contributed by atoms with Gasteiger partial charge in [-0.2, -0.15) is 0 Å². The van der Waals surface area contributed by atoms with Crippen LogP contribution in [-0.2, 0) is 33.9 Å². The average Bonchev–Trinajstić information content (AvgIpc) is 2.93. The number of primary amides is 1. The quantitative estimate of drug-likeness (QED) is 0.237. The smallest absolute Gasteiger partial charge is 0.255 e. The second-order valence-corrected chi connectivity index (χ2v) is 8.54. The lowest BCUT2D eigenvalue weighted by atomic mass is 10.0. The van der Waals surface area contributed by atoms with Crippen LogP contribution in [0.4, 0.5) is 0 Å². The molecule has 3 aromatic rings. The van der Waals surface area contributed by atoms with Crippen molar-refractivity contribution >= 4 is 17.7 Å². The van der Waals surface area contributed by atoms with Gasteiger partial charge in [-0.15, -0.1) is 0 Å². The van der Waals surface area contributed by atoms with Gasteiger partial charge in [0.2, 0.25) is 11.8 Å². The fourth-order valence-electron chi connectivity index (χ4n) is 3.63. The summed E-state index contributed by atoms with van der Waals surface area (Å²) in [6, 6.07) is 22.0. The van der Waals surface area contributed by atoms with Gasteiger partial charge in [0.25, 0.3) is 5.91 Å². The molecular formula is C28H32N4O5. The molecule has 7 N–H and O–H groups in total. The van der Waals surface area contributed by atoms with Crippen LogP contribution in [0.15, 0.2) is 78.9 Å². The molecule has 0 fully saturated rings. The van der Waals surface area contributed by atoms with Crippen molar-refractivity contribution in [2.45, 2.75) is 38.1 Å². The SMILES string of the molecule is NCc1ccc(CNC(=O)[C@@H](NC(=O)CCc2ccc(OCC(N)=O)cc2)[C@H](O)c2ccccc2)cc1. The molecule has 9 nitrogen and oxygen atoms in total. The van der Waals surface area contributed by atoms with E-state index in [-0.39, 0.29) is 25.5 Å². The Morgan fingerprint density at radius 2 is 1.49 bits per heavy atom. The van der Waals surface area contributed by atoms with E-state index >= 15 is 0 Å². The summed E-state index contributed by atoms with van der Waals surface area (Å²) >= 11 is 0. The second-order valence-electron chi connectivity index (χ2n) is 8.54. The molecule has 194 valence electrons. The van der Waals surface area contributed by atoms with Gasteiger partial charge in [-0.3, -0.25) is 14.4 Å². The van der Waals surface area contributed by atoms with Crippen molar-refractivity contribution in [1.29, 1.82) is 0 Å². The third-order valence-corrected chi connectivity index (χ3v) is 5.73. The second kappa shape index (κ2) is 13.8. The molecule has 0 bridgehead atoms. The Morgan fingerprint density at radius 1 is 0.865 bits per heavy atom. The molecule has 0 radical (unpaired) electrons. The summed E-state index contributed by atoms with van der Waals surface area (Å²) in [5, 5.41) is 16.4. The third-order valence-electron chi connectivity index (χ3n) is 5.73. The standard InChI is InChI=1S/C28H32N4O5/c29-16-20-6-8-21(9-7-20)17-31-28(36)26(27(35)22-4-2-1-3-5-22)32-25(34)15-12-19-10-13-23(14-11-19)37-18-24(30)33/h1-11,13-14,26-27,35H,12,15-18,29H2,(H2,30,33)(H,31,36)(H,32,34)/t26-,27+/m0/s1. The number of amides is 3. The summed E-state index contributed by atoms with van der Waals surface area (Å²) in [6.07, 6.45) is -0.718. The normalized spacial score (nSPS) is 12.3. The van der Waals surface area contributed by atoms with Crippen LogP contribution < -0.4 is 26.8 Å². The fraction of sp³-hybridized carbons (Fsp3) is 0.250. The Labute approximate surface area is 215 Å². The van der Waals surface area contributed by atoms with Gasteiger partial charge in [0.05, 0.1) is 0 Å². The van der Waals surface area contributed by atoms with Gasteiger partial charge in [0, 0.05) is 19.5 Å². The Hall–Kier alpha value is -4.21. The number of aliphatic hydroxyl groups is 1. The Kier molecular flexibility index (Phi) is 10.2. The predicted octanol–water partition coefficient (Wildman–Crippen LogP) is 1.48. The van der Waals surface area contributed by atoms with E-state index in [4.69, 9.17) is 16.2 Å². The summed E-state index contributed by atoms with van der Waals surface area (Å²) in [7, 11) is 0. The number of aryl methyl sites for hydroxylation is 1. The number of carbonyl (C=O) groups excluding carboxylic acids is 3. The van der Waals surface area contributed by atoms with Crippen molar-refractivity contribution in [3.05, 3.63) is 101 Å². The van der Waals surface area contributed by atoms with E-state index in [1.807, 2.05) is 24.3 Å². The summed E-state index contributed by atoms with van der Waals surface area (Å²) in [5.74, 6) is -0.950. The van der Waals surface area contributed by atoms with E-state index < -0.39 is 24.0 Å². The Morgan fingerprint density at radius 3 is 2.11 bits per heavy atom. The number of benzene rings is 3. The molecule has 3 aromatic carbocycles. The number of hydrogen-bond donors (Lipinski definition) is 5. The van der Waals surface area contributed by atoms with E-state index in [1.54, 1.807) is 54.6 Å². The highest BCUT2D eigenvalue weighted by Gasteiger charge is 2.29. The van der Waals surface area contributed by atoms with Crippen LogP contribution in [0.1, 0.15) is 34.8 Å². The van der Waals surface area contributed by atoms with Crippen LogP contribution in [0.5, 0.6) is 5.75 Å². The Bertz CT molecular complexity index is 1170. The first-order valence-corrected chi connectivity index (χ1v) is 11.9. The molecule has 0 saturated carbocycles. The highest BCUT2D eigenvalue weighted by Crippen LogP contribution is 2.18. The van der Waals surface area contributed by atoms with Crippen LogP contribution in [0, 0.1) is 0 Å². The van der Waals surface area contributed by atoms with Gasteiger partial charge in [-0.05, 0) is 40.8 Å². The lowest BCUT2D eigenvalue weighted by Crippen LogP contribution is -2.50. The maximum Gasteiger partial charge on any atom is 0.255 e. The van der Waals surface area contributed by atoms with Crippen molar-refractivity contribution in [2.75, 3.05) is 6.61 Å². The van der Waals surface area contributed by atoms with Gasteiger partial charge in [0.1, 0.15) is 17.9 Å². The van der Waals surface area contributed by atoms with Crippen LogP contribution in [-0.4, -0.2) is 35.5 Å². The van der Waals surface area contributed by atoms with E-state index in [2.05, 4.69) is 10.6 Å². The molecule has 0 saturated heterocycles. The van der Waals surface area contributed by atoms with E-state index in [1.165, 1.54) is 0 Å². The number of hydrogen-bond acceptors (Lipinski definition) is 6. The van der Waals surface area contributed by atoms with Crippen molar-refractivity contribution < 1.29 is 24.2 Å². The molecule has 0 aliphatic carbocycles. The minimum atomic E-state index is -1.23.